The van der Waals surface area contributed by atoms with Gasteiger partial charge in [0.1, 0.15) is 34.3 Å². The van der Waals surface area contributed by atoms with Gasteiger partial charge in [-0.25, -0.2) is 13.8 Å². The Morgan fingerprint density at radius 2 is 1.68 bits per heavy atom. The topological polar surface area (TPSA) is 106 Å². The molecular weight excluding hydrogens is 518 g/mol. The predicted molar refractivity (Wildman–Crippen MR) is 146 cm³/mol. The van der Waals surface area contributed by atoms with Gasteiger partial charge in [-0.1, -0.05) is 18.2 Å². The average Bonchev–Trinajstić information content (AvgIpc) is 2.95. The molecule has 0 aliphatic heterocycles. The van der Waals surface area contributed by atoms with Crippen LogP contribution in [0.4, 0.5) is 14.5 Å². The summed E-state index contributed by atoms with van der Waals surface area (Å²) in [5.74, 6) is -1.59. The molecule has 3 aromatic carbocycles. The van der Waals surface area contributed by atoms with E-state index in [0.717, 1.165) is 6.07 Å². The zero-order valence-electron chi connectivity index (χ0n) is 20.5. The minimum absolute atomic E-state index is 0.136. The number of hydrogen-bond acceptors (Lipinski definition) is 5. The second-order valence-electron chi connectivity index (χ2n) is 8.80. The van der Waals surface area contributed by atoms with E-state index in [4.69, 9.17) is 4.74 Å². The Labute approximate surface area is 224 Å². The Kier molecular flexibility index (Phi) is 6.12. The monoisotopic (exact) mass is 536 g/mol. The summed E-state index contributed by atoms with van der Waals surface area (Å²) in [7, 11) is 0. The van der Waals surface area contributed by atoms with Gasteiger partial charge in [-0.3, -0.25) is 19.0 Å². The Hall–Kier alpha value is -5.64. The fourth-order valence-corrected chi connectivity index (χ4v) is 4.41. The number of nitrogens with one attached hydrogen (secondary N) is 2. The molecule has 196 valence electrons. The van der Waals surface area contributed by atoms with Crippen molar-refractivity contribution < 1.29 is 18.3 Å². The third-order valence-corrected chi connectivity index (χ3v) is 6.30. The molecule has 0 bridgehead atoms. The van der Waals surface area contributed by atoms with Crippen molar-refractivity contribution in [2.24, 2.45) is 0 Å². The van der Waals surface area contributed by atoms with Crippen LogP contribution in [0.3, 0.4) is 0 Å². The molecule has 0 radical (unpaired) electrons. The van der Waals surface area contributed by atoms with Gasteiger partial charge in [0.2, 0.25) is 0 Å². The summed E-state index contributed by atoms with van der Waals surface area (Å²) < 4.78 is 35.5. The van der Waals surface area contributed by atoms with Gasteiger partial charge in [-0.2, -0.15) is 0 Å². The van der Waals surface area contributed by atoms with Crippen LogP contribution in [0, 0.1) is 11.6 Å². The number of nitrogens with zero attached hydrogens (tertiary/aromatic N) is 2. The number of fused-ring (bicyclic) bond motifs is 3. The van der Waals surface area contributed by atoms with Crippen LogP contribution in [-0.4, -0.2) is 20.4 Å². The van der Waals surface area contributed by atoms with Crippen molar-refractivity contribution in [2.45, 2.75) is 0 Å². The maximum Gasteiger partial charge on any atom is 0.267 e. The van der Waals surface area contributed by atoms with Crippen molar-refractivity contribution in [1.29, 1.82) is 0 Å². The first kappa shape index (κ1) is 24.7. The number of anilines is 1. The van der Waals surface area contributed by atoms with Crippen LogP contribution in [0.25, 0.3) is 27.5 Å². The normalized spacial score (nSPS) is 11.1. The summed E-state index contributed by atoms with van der Waals surface area (Å²) in [5.41, 5.74) is -0.642. The zero-order valence-corrected chi connectivity index (χ0v) is 20.5. The van der Waals surface area contributed by atoms with Gasteiger partial charge in [0.25, 0.3) is 17.0 Å². The minimum Gasteiger partial charge on any atom is -0.456 e. The Morgan fingerprint density at radius 3 is 2.45 bits per heavy atom. The number of aromatic amines is 1. The molecule has 40 heavy (non-hydrogen) atoms. The SMILES string of the molecule is O=C(Nc1ccc(Oc2ccnc3[nH]c(=O)c4ccccc4c23)cc1F)c1cccn(-c2ccc(F)cc2)c1=O. The fraction of sp³-hybridized carbons (Fsp3) is 0. The fourth-order valence-electron chi connectivity index (χ4n) is 4.41. The number of amides is 1. The Bertz CT molecular complexity index is 2050. The molecule has 1 amide bonds. The molecule has 0 aliphatic carbocycles. The second kappa shape index (κ2) is 9.91. The van der Waals surface area contributed by atoms with Gasteiger partial charge in [0.05, 0.1) is 11.1 Å². The molecule has 0 spiro atoms. The largest absolute Gasteiger partial charge is 0.456 e. The lowest BCUT2D eigenvalue weighted by Crippen LogP contribution is -2.28. The lowest BCUT2D eigenvalue weighted by molar-refractivity contribution is 0.102. The molecule has 6 rings (SSSR count). The molecule has 8 nitrogen and oxygen atoms in total. The van der Waals surface area contributed by atoms with Crippen LogP contribution in [0.15, 0.2) is 107 Å². The number of ether oxygens (including phenoxy) is 1. The number of halogens is 2. The van der Waals surface area contributed by atoms with Crippen molar-refractivity contribution >= 4 is 33.4 Å². The maximum absolute atomic E-state index is 15.1. The predicted octanol–water partition coefficient (Wildman–Crippen LogP) is 5.55. The third kappa shape index (κ3) is 4.47. The summed E-state index contributed by atoms with van der Waals surface area (Å²) >= 11 is 0. The second-order valence-corrected chi connectivity index (χ2v) is 8.80. The van der Waals surface area contributed by atoms with Crippen LogP contribution in [0.5, 0.6) is 11.5 Å². The van der Waals surface area contributed by atoms with E-state index in [9.17, 15) is 18.8 Å². The average molecular weight is 536 g/mol. The van der Waals surface area contributed by atoms with E-state index in [1.165, 1.54) is 65.5 Å². The molecule has 0 saturated carbocycles. The van der Waals surface area contributed by atoms with Gasteiger partial charge in [-0.05, 0) is 60.7 Å². The van der Waals surface area contributed by atoms with Crippen LogP contribution >= 0.6 is 0 Å². The first-order chi connectivity index (χ1) is 19.4. The van der Waals surface area contributed by atoms with E-state index in [2.05, 4.69) is 15.3 Å². The summed E-state index contributed by atoms with van der Waals surface area (Å²) in [6.45, 7) is 0. The zero-order chi connectivity index (χ0) is 27.8. The van der Waals surface area contributed by atoms with Crippen molar-refractivity contribution in [3.63, 3.8) is 0 Å². The highest BCUT2D eigenvalue weighted by Crippen LogP contribution is 2.33. The summed E-state index contributed by atoms with van der Waals surface area (Å²) in [6.07, 6.45) is 2.91. The van der Waals surface area contributed by atoms with Crippen LogP contribution in [0.1, 0.15) is 10.4 Å². The number of hydrogen-bond donors (Lipinski definition) is 2. The summed E-state index contributed by atoms with van der Waals surface area (Å²) in [4.78, 5) is 45.2. The quantitative estimate of drug-likeness (QED) is 0.281. The summed E-state index contributed by atoms with van der Waals surface area (Å²) in [6, 6.07) is 20.5. The van der Waals surface area contributed by atoms with E-state index >= 15 is 4.39 Å². The van der Waals surface area contributed by atoms with E-state index in [1.54, 1.807) is 30.3 Å². The molecule has 10 heteroatoms. The Morgan fingerprint density at radius 1 is 0.900 bits per heavy atom. The first-order valence-electron chi connectivity index (χ1n) is 12.0. The molecule has 2 N–H and O–H groups in total. The molecule has 0 atom stereocenters. The van der Waals surface area contributed by atoms with Crippen LogP contribution in [-0.2, 0) is 0 Å². The molecule has 3 heterocycles. The van der Waals surface area contributed by atoms with Crippen molar-refractivity contribution in [3.05, 3.63) is 135 Å². The van der Waals surface area contributed by atoms with Crippen LogP contribution < -0.4 is 21.2 Å². The summed E-state index contributed by atoms with van der Waals surface area (Å²) in [5, 5.41) is 4.05. The first-order valence-corrected chi connectivity index (χ1v) is 12.0. The molecular formula is C30H18F2N4O4. The number of carbonyl (C=O) groups excluding carboxylic acids is 1. The van der Waals surface area contributed by atoms with Gasteiger partial charge < -0.3 is 15.0 Å². The van der Waals surface area contributed by atoms with E-state index in [0.29, 0.717) is 33.2 Å². The van der Waals surface area contributed by atoms with E-state index in [-0.39, 0.29) is 22.6 Å². The van der Waals surface area contributed by atoms with Gasteiger partial charge in [0, 0.05) is 34.9 Å². The highest BCUT2D eigenvalue weighted by molar-refractivity contribution is 6.07. The molecule has 0 aliphatic rings. The number of pyridine rings is 3. The number of benzene rings is 3. The van der Waals surface area contributed by atoms with E-state index in [1.807, 2.05) is 0 Å². The highest BCUT2D eigenvalue weighted by Gasteiger charge is 2.17. The number of H-pyrrole nitrogens is 1. The van der Waals surface area contributed by atoms with Crippen molar-refractivity contribution in [2.75, 3.05) is 5.32 Å². The van der Waals surface area contributed by atoms with Gasteiger partial charge >= 0.3 is 0 Å². The van der Waals surface area contributed by atoms with Crippen molar-refractivity contribution in [1.82, 2.24) is 14.5 Å². The molecule has 0 unspecified atom stereocenters. The van der Waals surface area contributed by atoms with E-state index < -0.39 is 23.1 Å². The molecule has 0 saturated heterocycles. The highest BCUT2D eigenvalue weighted by atomic mass is 19.1. The molecule has 6 aromatic rings. The minimum atomic E-state index is -0.815. The number of rotatable bonds is 5. The van der Waals surface area contributed by atoms with Gasteiger partial charge in [-0.15, -0.1) is 0 Å². The molecule has 3 aromatic heterocycles. The lowest BCUT2D eigenvalue weighted by Gasteiger charge is -2.12. The number of aromatic nitrogens is 3. The standard InChI is InChI=1S/C30H18F2N4O4/c31-17-7-9-18(10-8-17)36-15-3-6-22(30(36)39)29(38)34-24-12-11-19(16-23(24)32)40-25-13-14-33-27-26(25)20-4-1-2-5-21(20)28(37)35-27/h1-16H,(H,34,38)(H,33,35,37). The lowest BCUT2D eigenvalue weighted by atomic mass is 10.1. The number of carbonyl (C=O) groups is 1. The van der Waals surface area contributed by atoms with Crippen molar-refractivity contribution in [3.8, 4) is 17.2 Å². The smallest absolute Gasteiger partial charge is 0.267 e. The van der Waals surface area contributed by atoms with Crippen LogP contribution in [0.2, 0.25) is 0 Å². The van der Waals surface area contributed by atoms with Gasteiger partial charge in [0.15, 0.2) is 0 Å². The molecule has 0 fully saturated rings. The maximum atomic E-state index is 15.1. The Balaban J connectivity index is 1.28. The third-order valence-electron chi connectivity index (χ3n) is 6.30.